The second-order valence-corrected chi connectivity index (χ2v) is 5.73. The van der Waals surface area contributed by atoms with Crippen LogP contribution in [0, 0.1) is 5.82 Å². The number of aromatic carboxylic acids is 1. The summed E-state index contributed by atoms with van der Waals surface area (Å²) < 4.78 is 44.7. The highest BCUT2D eigenvalue weighted by molar-refractivity contribution is 6.03. The van der Waals surface area contributed by atoms with Crippen LogP contribution >= 0.6 is 0 Å². The van der Waals surface area contributed by atoms with Gasteiger partial charge < -0.3 is 14.4 Å². The van der Waals surface area contributed by atoms with E-state index in [4.69, 9.17) is 0 Å². The molecule has 1 aromatic heterocycles. The summed E-state index contributed by atoms with van der Waals surface area (Å²) in [6.45, 7) is -3.14. The molecule has 7 heteroatoms. The molecule has 0 atom stereocenters. The van der Waals surface area contributed by atoms with Gasteiger partial charge in [-0.05, 0) is 18.9 Å². The normalized spacial score (nSPS) is 16.2. The summed E-state index contributed by atoms with van der Waals surface area (Å²) in [5.41, 5.74) is 0.374. The standard InChI is InChI=1S/C16H16F3NO3/c17-12-6-10-11(15(21)22)8-20(9-4-2-1-3-5-9)13(10)7-14(12)23-16(18)19/h6-9,16H,1-5H2,(H,21,22). The maximum atomic E-state index is 13.9. The van der Waals surface area contributed by atoms with Gasteiger partial charge in [-0.25, -0.2) is 9.18 Å². The minimum absolute atomic E-state index is 0.0342. The molecule has 4 nitrogen and oxygen atoms in total. The minimum Gasteiger partial charge on any atom is -0.478 e. The van der Waals surface area contributed by atoms with E-state index in [1.807, 2.05) is 0 Å². The Morgan fingerprint density at radius 1 is 1.26 bits per heavy atom. The van der Waals surface area contributed by atoms with E-state index >= 15 is 0 Å². The summed E-state index contributed by atoms with van der Waals surface area (Å²) in [7, 11) is 0. The van der Waals surface area contributed by atoms with Crippen molar-refractivity contribution in [2.75, 3.05) is 0 Å². The topological polar surface area (TPSA) is 51.5 Å². The first kappa shape index (κ1) is 15.7. The minimum atomic E-state index is -3.14. The average molecular weight is 327 g/mol. The summed E-state index contributed by atoms with van der Waals surface area (Å²) in [6.07, 6.45) is 6.39. The van der Waals surface area contributed by atoms with E-state index in [1.165, 1.54) is 6.20 Å². The number of nitrogens with zero attached hydrogens (tertiary/aromatic N) is 1. The molecule has 0 aliphatic heterocycles. The first-order valence-corrected chi connectivity index (χ1v) is 7.49. The fourth-order valence-corrected chi connectivity index (χ4v) is 3.27. The molecule has 1 aliphatic rings. The Hall–Kier alpha value is -2.18. The van der Waals surface area contributed by atoms with Gasteiger partial charge >= 0.3 is 12.6 Å². The van der Waals surface area contributed by atoms with Gasteiger partial charge in [0, 0.05) is 23.7 Å². The number of ether oxygens (including phenoxy) is 1. The highest BCUT2D eigenvalue weighted by Crippen LogP contribution is 2.36. The maximum Gasteiger partial charge on any atom is 0.387 e. The summed E-state index contributed by atoms with van der Waals surface area (Å²) in [5, 5.41) is 9.51. The highest BCUT2D eigenvalue weighted by Gasteiger charge is 2.23. The fourth-order valence-electron chi connectivity index (χ4n) is 3.27. The molecule has 0 radical (unpaired) electrons. The number of carboxylic acids is 1. The second kappa shape index (κ2) is 6.14. The molecule has 1 saturated carbocycles. The van der Waals surface area contributed by atoms with Crippen molar-refractivity contribution in [1.29, 1.82) is 0 Å². The monoisotopic (exact) mass is 327 g/mol. The SMILES string of the molecule is O=C(O)c1cn(C2CCCCC2)c2cc(OC(F)F)c(F)cc12. The van der Waals surface area contributed by atoms with Gasteiger partial charge in [0.05, 0.1) is 11.1 Å². The van der Waals surface area contributed by atoms with Crippen LogP contribution in [-0.2, 0) is 0 Å². The van der Waals surface area contributed by atoms with Crippen molar-refractivity contribution in [1.82, 2.24) is 4.57 Å². The molecular formula is C16H16F3NO3. The molecule has 0 amide bonds. The van der Waals surface area contributed by atoms with E-state index in [2.05, 4.69) is 4.74 Å². The molecule has 124 valence electrons. The quantitative estimate of drug-likeness (QED) is 0.894. The molecule has 0 spiro atoms. The van der Waals surface area contributed by atoms with E-state index in [0.717, 1.165) is 44.2 Å². The number of alkyl halides is 2. The highest BCUT2D eigenvalue weighted by atomic mass is 19.3. The third-order valence-corrected chi connectivity index (χ3v) is 4.30. The fraction of sp³-hybridized carbons (Fsp3) is 0.438. The van der Waals surface area contributed by atoms with Crippen LogP contribution in [0.4, 0.5) is 13.2 Å². The largest absolute Gasteiger partial charge is 0.478 e. The van der Waals surface area contributed by atoms with Crippen LogP contribution in [0.2, 0.25) is 0 Å². The predicted octanol–water partition coefficient (Wildman–Crippen LogP) is 4.59. The molecule has 3 rings (SSSR count). The van der Waals surface area contributed by atoms with Crippen molar-refractivity contribution in [3.63, 3.8) is 0 Å². The molecule has 1 heterocycles. The molecule has 0 unspecified atom stereocenters. The van der Waals surface area contributed by atoms with Crippen LogP contribution in [0.1, 0.15) is 48.5 Å². The number of aromatic nitrogens is 1. The third-order valence-electron chi connectivity index (χ3n) is 4.30. The molecule has 2 aromatic rings. The van der Waals surface area contributed by atoms with Gasteiger partial charge in [0.1, 0.15) is 0 Å². The summed E-state index contributed by atoms with van der Waals surface area (Å²) in [4.78, 5) is 11.4. The molecule has 0 bridgehead atoms. The maximum absolute atomic E-state index is 13.9. The average Bonchev–Trinajstić information content (AvgIpc) is 2.86. The van der Waals surface area contributed by atoms with Crippen LogP contribution in [0.3, 0.4) is 0 Å². The van der Waals surface area contributed by atoms with Gasteiger partial charge in [-0.1, -0.05) is 19.3 Å². The zero-order valence-corrected chi connectivity index (χ0v) is 12.3. The Balaban J connectivity index is 2.15. The van der Waals surface area contributed by atoms with Gasteiger partial charge in [-0.3, -0.25) is 0 Å². The van der Waals surface area contributed by atoms with E-state index in [-0.39, 0.29) is 17.0 Å². The lowest BCUT2D eigenvalue weighted by molar-refractivity contribution is -0.0521. The van der Waals surface area contributed by atoms with E-state index in [9.17, 15) is 23.1 Å². The van der Waals surface area contributed by atoms with Crippen LogP contribution in [0.25, 0.3) is 10.9 Å². The number of carboxylic acid groups (broad SMARTS) is 1. The van der Waals surface area contributed by atoms with Gasteiger partial charge in [0.2, 0.25) is 0 Å². The van der Waals surface area contributed by atoms with Crippen LogP contribution in [0.15, 0.2) is 18.3 Å². The molecule has 1 aliphatic carbocycles. The Bertz CT molecular complexity index is 736. The number of hydrogen-bond donors (Lipinski definition) is 1. The lowest BCUT2D eigenvalue weighted by Crippen LogP contribution is -2.12. The first-order valence-electron chi connectivity index (χ1n) is 7.49. The van der Waals surface area contributed by atoms with Gasteiger partial charge in [0.15, 0.2) is 11.6 Å². The van der Waals surface area contributed by atoms with Crippen LogP contribution < -0.4 is 4.74 Å². The third kappa shape index (κ3) is 3.00. The van der Waals surface area contributed by atoms with E-state index in [1.54, 1.807) is 4.57 Å². The summed E-state index contributed by atoms with van der Waals surface area (Å²) in [6, 6.07) is 2.21. The summed E-state index contributed by atoms with van der Waals surface area (Å²) in [5.74, 6) is -2.74. The van der Waals surface area contributed by atoms with Gasteiger partial charge in [-0.2, -0.15) is 8.78 Å². The lowest BCUT2D eigenvalue weighted by Gasteiger charge is -2.24. The number of benzene rings is 1. The molecule has 1 fully saturated rings. The zero-order chi connectivity index (χ0) is 16.6. The Morgan fingerprint density at radius 3 is 2.57 bits per heavy atom. The van der Waals surface area contributed by atoms with Crippen LogP contribution in [-0.4, -0.2) is 22.3 Å². The molecular weight excluding hydrogens is 311 g/mol. The summed E-state index contributed by atoms with van der Waals surface area (Å²) >= 11 is 0. The molecule has 0 saturated heterocycles. The Labute approximate surface area is 130 Å². The number of fused-ring (bicyclic) bond motifs is 1. The predicted molar refractivity (Wildman–Crippen MR) is 77.6 cm³/mol. The van der Waals surface area contributed by atoms with Gasteiger partial charge in [0.25, 0.3) is 0 Å². The number of hydrogen-bond acceptors (Lipinski definition) is 2. The van der Waals surface area contributed by atoms with Crippen molar-refractivity contribution in [2.24, 2.45) is 0 Å². The van der Waals surface area contributed by atoms with Crippen molar-refractivity contribution >= 4 is 16.9 Å². The molecule has 1 N–H and O–H groups in total. The second-order valence-electron chi connectivity index (χ2n) is 5.73. The van der Waals surface area contributed by atoms with Crippen molar-refractivity contribution in [3.05, 3.63) is 29.7 Å². The van der Waals surface area contributed by atoms with Crippen LogP contribution in [0.5, 0.6) is 5.75 Å². The zero-order valence-electron chi connectivity index (χ0n) is 12.3. The van der Waals surface area contributed by atoms with Crippen molar-refractivity contribution < 1.29 is 27.8 Å². The number of halogens is 3. The smallest absolute Gasteiger partial charge is 0.387 e. The first-order chi connectivity index (χ1) is 11.0. The van der Waals surface area contributed by atoms with E-state index in [0.29, 0.717) is 5.52 Å². The lowest BCUT2D eigenvalue weighted by atomic mass is 9.95. The van der Waals surface area contributed by atoms with Crippen molar-refractivity contribution in [2.45, 2.75) is 44.8 Å². The molecule has 23 heavy (non-hydrogen) atoms. The number of carbonyl (C=O) groups is 1. The Kier molecular flexibility index (Phi) is 4.19. The Morgan fingerprint density at radius 2 is 1.96 bits per heavy atom. The number of rotatable bonds is 4. The molecule has 1 aromatic carbocycles. The van der Waals surface area contributed by atoms with E-state index < -0.39 is 24.1 Å². The van der Waals surface area contributed by atoms with Gasteiger partial charge in [-0.15, -0.1) is 0 Å². The van der Waals surface area contributed by atoms with Crippen molar-refractivity contribution in [3.8, 4) is 5.75 Å².